The van der Waals surface area contributed by atoms with Crippen LogP contribution < -0.4 is 14.8 Å². The molecule has 4 atom stereocenters. The molecule has 4 unspecified atom stereocenters. The second-order valence-corrected chi connectivity index (χ2v) is 14.4. The fraction of sp³-hybridized carbons (Fsp3) is 0.474. The van der Waals surface area contributed by atoms with Crippen LogP contribution in [0.3, 0.4) is 0 Å². The molecule has 2 saturated heterocycles. The number of hydrogen-bond donors (Lipinski definition) is 1. The first-order chi connectivity index (χ1) is 24.1. The Labute approximate surface area is 297 Å². The minimum atomic E-state index is -1.63. The maximum atomic E-state index is 13.3. The Morgan fingerprint density at radius 1 is 0.980 bits per heavy atom. The number of nitriles is 1. The standard InChI is InChI=1S/C38H49N4O7P/c1-27(2)42(28(3)4)50(48-23-11-22-39)49-35-34-24-46-37(35,25-41(34)36(43)40-5)26-47-38(29-12-9-8-10-13-29,30-14-18-32(44-6)19-15-30)31-16-20-33(45-7)21-17-31/h8-10,12-21,27-28,34-35H,11,23-26H2,1-7H3,(H,40,43). The summed E-state index contributed by atoms with van der Waals surface area (Å²) in [5, 5.41) is 12.1. The summed E-state index contributed by atoms with van der Waals surface area (Å²) in [5.74, 6) is 1.45. The lowest BCUT2D eigenvalue weighted by molar-refractivity contribution is -0.132. The predicted molar refractivity (Wildman–Crippen MR) is 192 cm³/mol. The van der Waals surface area contributed by atoms with Crippen LogP contribution in [-0.4, -0.2) is 93.1 Å². The Balaban J connectivity index is 1.61. The molecule has 2 heterocycles. The number of nitrogens with one attached hydrogen (secondary N) is 1. The Bertz CT molecular complexity index is 1530. The summed E-state index contributed by atoms with van der Waals surface area (Å²) in [4.78, 5) is 15.1. The molecule has 3 aromatic rings. The number of urea groups is 1. The van der Waals surface area contributed by atoms with Gasteiger partial charge in [-0.15, -0.1) is 0 Å². The third-order valence-electron chi connectivity index (χ3n) is 9.30. The summed E-state index contributed by atoms with van der Waals surface area (Å²) in [6.07, 6.45) is -0.341. The summed E-state index contributed by atoms with van der Waals surface area (Å²) >= 11 is 0. The number of ether oxygens (including phenoxy) is 4. The number of carbonyl (C=O) groups excluding carboxylic acids is 1. The van der Waals surface area contributed by atoms with Gasteiger partial charge in [0.2, 0.25) is 0 Å². The van der Waals surface area contributed by atoms with Crippen molar-refractivity contribution in [3.05, 3.63) is 95.6 Å². The number of carbonyl (C=O) groups is 1. The van der Waals surface area contributed by atoms with Crippen LogP contribution in [-0.2, 0) is 24.1 Å². The van der Waals surface area contributed by atoms with E-state index in [2.05, 4.69) is 55.9 Å². The fourth-order valence-corrected chi connectivity index (χ4v) is 8.80. The normalized spacial score (nSPS) is 20.7. The molecule has 2 fully saturated rings. The molecule has 3 aromatic carbocycles. The van der Waals surface area contributed by atoms with Crippen molar-refractivity contribution in [1.82, 2.24) is 14.9 Å². The Hall–Kier alpha value is -3.75. The molecule has 5 rings (SSSR count). The number of nitrogens with zero attached hydrogens (tertiary/aromatic N) is 3. The van der Waals surface area contributed by atoms with Crippen molar-refractivity contribution in [2.75, 3.05) is 47.6 Å². The zero-order chi connectivity index (χ0) is 35.9. The summed E-state index contributed by atoms with van der Waals surface area (Å²) in [5.41, 5.74) is 0.540. The highest BCUT2D eigenvalue weighted by molar-refractivity contribution is 7.44. The van der Waals surface area contributed by atoms with E-state index in [0.717, 1.165) is 28.2 Å². The molecule has 11 nitrogen and oxygen atoms in total. The number of morpholine rings is 1. The number of benzene rings is 3. The van der Waals surface area contributed by atoms with E-state index in [9.17, 15) is 10.1 Å². The molecule has 0 aliphatic carbocycles. The van der Waals surface area contributed by atoms with Crippen molar-refractivity contribution in [3.63, 3.8) is 0 Å². The van der Waals surface area contributed by atoms with Crippen molar-refractivity contribution in [1.29, 1.82) is 5.26 Å². The van der Waals surface area contributed by atoms with Crippen LogP contribution in [0.4, 0.5) is 4.79 Å². The molecular formula is C38H49N4O7P. The molecule has 0 aromatic heterocycles. The maximum Gasteiger partial charge on any atom is 0.317 e. The molecular weight excluding hydrogens is 655 g/mol. The SMILES string of the molecule is CNC(=O)N1CC2(COC(c3ccccc3)(c3ccc(OC)cc3)c3ccc(OC)cc3)OCC1C2OP(OCCC#N)N(C(C)C)C(C)C. The Morgan fingerprint density at radius 3 is 2.04 bits per heavy atom. The molecule has 2 aliphatic heterocycles. The number of likely N-dealkylation sites (tertiary alicyclic amines) is 1. The number of fused-ring (bicyclic) bond motifs is 2. The average Bonchev–Trinajstić information content (AvgIpc) is 3.63. The molecule has 2 aliphatic rings. The van der Waals surface area contributed by atoms with Gasteiger partial charge in [-0.05, 0) is 68.7 Å². The van der Waals surface area contributed by atoms with Crippen molar-refractivity contribution in [3.8, 4) is 17.6 Å². The zero-order valence-corrected chi connectivity index (χ0v) is 30.9. The molecule has 0 spiro atoms. The van der Waals surface area contributed by atoms with E-state index in [1.807, 2.05) is 66.7 Å². The quantitative estimate of drug-likeness (QED) is 0.102. The summed E-state index contributed by atoms with van der Waals surface area (Å²) < 4.78 is 40.5. The van der Waals surface area contributed by atoms with Gasteiger partial charge in [0.05, 0.1) is 59.1 Å². The van der Waals surface area contributed by atoms with E-state index >= 15 is 0 Å². The molecule has 1 N–H and O–H groups in total. The van der Waals surface area contributed by atoms with E-state index < -0.39 is 25.8 Å². The lowest BCUT2D eigenvalue weighted by Gasteiger charge is -2.41. The van der Waals surface area contributed by atoms with Crippen LogP contribution in [0.25, 0.3) is 0 Å². The topological polar surface area (TPSA) is 115 Å². The molecule has 50 heavy (non-hydrogen) atoms. The highest BCUT2D eigenvalue weighted by Crippen LogP contribution is 2.54. The summed E-state index contributed by atoms with van der Waals surface area (Å²) in [7, 11) is 3.27. The predicted octanol–water partition coefficient (Wildman–Crippen LogP) is 6.47. The van der Waals surface area contributed by atoms with E-state index in [4.69, 9.17) is 28.0 Å². The zero-order valence-electron chi connectivity index (χ0n) is 30.0. The molecule has 268 valence electrons. The van der Waals surface area contributed by atoms with Gasteiger partial charge in [-0.1, -0.05) is 54.6 Å². The van der Waals surface area contributed by atoms with Gasteiger partial charge in [-0.25, -0.2) is 9.46 Å². The first-order valence-corrected chi connectivity index (χ1v) is 18.1. The minimum Gasteiger partial charge on any atom is -0.497 e. The Morgan fingerprint density at radius 2 is 1.54 bits per heavy atom. The molecule has 0 saturated carbocycles. The summed E-state index contributed by atoms with van der Waals surface area (Å²) in [6.45, 7) is 9.22. The third kappa shape index (κ3) is 7.47. The van der Waals surface area contributed by atoms with Gasteiger partial charge >= 0.3 is 6.03 Å². The van der Waals surface area contributed by atoms with Gasteiger partial charge in [0.25, 0.3) is 8.53 Å². The van der Waals surface area contributed by atoms with Gasteiger partial charge in [-0.3, -0.25) is 0 Å². The largest absolute Gasteiger partial charge is 0.497 e. The second-order valence-electron chi connectivity index (χ2n) is 13.0. The van der Waals surface area contributed by atoms with Gasteiger partial charge in [0.15, 0.2) is 0 Å². The molecule has 12 heteroatoms. The molecule has 2 bridgehead atoms. The van der Waals surface area contributed by atoms with Gasteiger partial charge < -0.3 is 38.2 Å². The molecule has 0 radical (unpaired) electrons. The third-order valence-corrected chi connectivity index (χ3v) is 11.4. The average molecular weight is 705 g/mol. The lowest BCUT2D eigenvalue weighted by Crippen LogP contribution is -2.52. The van der Waals surface area contributed by atoms with Crippen LogP contribution in [0.5, 0.6) is 11.5 Å². The lowest BCUT2D eigenvalue weighted by atomic mass is 9.79. The van der Waals surface area contributed by atoms with Crippen molar-refractivity contribution in [2.24, 2.45) is 0 Å². The van der Waals surface area contributed by atoms with Crippen LogP contribution in [0.15, 0.2) is 78.9 Å². The van der Waals surface area contributed by atoms with Crippen LogP contribution in [0.1, 0.15) is 50.8 Å². The van der Waals surface area contributed by atoms with Crippen molar-refractivity contribution in [2.45, 2.75) is 69.5 Å². The van der Waals surface area contributed by atoms with Gasteiger partial charge in [0.1, 0.15) is 28.8 Å². The highest BCUT2D eigenvalue weighted by Gasteiger charge is 2.63. The smallest absolute Gasteiger partial charge is 0.317 e. The Kier molecular flexibility index (Phi) is 12.4. The van der Waals surface area contributed by atoms with Crippen molar-refractivity contribution < 1.29 is 32.8 Å². The van der Waals surface area contributed by atoms with E-state index in [-0.39, 0.29) is 56.9 Å². The monoisotopic (exact) mass is 704 g/mol. The van der Waals surface area contributed by atoms with Gasteiger partial charge in [-0.2, -0.15) is 5.26 Å². The van der Waals surface area contributed by atoms with Gasteiger partial charge in [0, 0.05) is 19.1 Å². The first kappa shape index (κ1) is 37.5. The fourth-order valence-electron chi connectivity index (χ4n) is 6.96. The number of hydrogen-bond acceptors (Lipinski definition) is 9. The van der Waals surface area contributed by atoms with E-state index in [1.54, 1.807) is 26.2 Å². The summed E-state index contributed by atoms with van der Waals surface area (Å²) in [6, 6.07) is 27.6. The number of amides is 2. The minimum absolute atomic E-state index is 0.0827. The number of methoxy groups -OCH3 is 2. The van der Waals surface area contributed by atoms with Crippen LogP contribution >= 0.6 is 8.53 Å². The number of rotatable bonds is 16. The van der Waals surface area contributed by atoms with Crippen molar-refractivity contribution >= 4 is 14.6 Å². The molecule has 2 amide bonds. The second kappa shape index (κ2) is 16.5. The highest BCUT2D eigenvalue weighted by atomic mass is 31.2. The first-order valence-electron chi connectivity index (χ1n) is 17.0. The van der Waals surface area contributed by atoms with Crippen LogP contribution in [0.2, 0.25) is 0 Å². The van der Waals surface area contributed by atoms with E-state index in [0.29, 0.717) is 0 Å². The van der Waals surface area contributed by atoms with E-state index in [1.165, 1.54) is 0 Å². The maximum absolute atomic E-state index is 13.3. The van der Waals surface area contributed by atoms with Crippen LogP contribution in [0, 0.1) is 11.3 Å².